The van der Waals surface area contributed by atoms with Gasteiger partial charge in [0.15, 0.2) is 11.5 Å². The predicted octanol–water partition coefficient (Wildman–Crippen LogP) is 1.01. The number of nitrogens with one attached hydrogen (secondary N) is 1. The Bertz CT molecular complexity index is 514. The first-order valence-corrected chi connectivity index (χ1v) is 6.31. The Morgan fingerprint density at radius 3 is 2.24 bits per heavy atom. The van der Waals surface area contributed by atoms with Gasteiger partial charge in [0, 0.05) is 0 Å². The van der Waals surface area contributed by atoms with Crippen molar-refractivity contribution in [2.24, 2.45) is 0 Å². The van der Waals surface area contributed by atoms with Crippen molar-refractivity contribution in [3.8, 4) is 17.2 Å². The van der Waals surface area contributed by atoms with Gasteiger partial charge in [-0.1, -0.05) is 0 Å². The molecule has 1 aromatic carbocycles. The number of rotatable bonds is 7. The first kappa shape index (κ1) is 16.6. The molecule has 0 aromatic heterocycles. The number of methoxy groups -OCH3 is 3. The van der Waals surface area contributed by atoms with Crippen LogP contribution in [-0.4, -0.2) is 46.4 Å². The maximum absolute atomic E-state index is 12.1. The van der Waals surface area contributed by atoms with E-state index in [1.54, 1.807) is 13.0 Å². The van der Waals surface area contributed by atoms with Crippen LogP contribution < -0.4 is 19.5 Å². The van der Waals surface area contributed by atoms with Gasteiger partial charge in [-0.05, 0) is 19.1 Å². The van der Waals surface area contributed by atoms with E-state index in [1.165, 1.54) is 27.4 Å². The van der Waals surface area contributed by atoms with Crippen LogP contribution in [0.5, 0.6) is 17.2 Å². The molecule has 0 saturated carbocycles. The van der Waals surface area contributed by atoms with E-state index in [0.29, 0.717) is 11.5 Å². The van der Waals surface area contributed by atoms with E-state index in [-0.39, 0.29) is 24.5 Å². The highest BCUT2D eigenvalue weighted by Crippen LogP contribution is 2.39. The summed E-state index contributed by atoms with van der Waals surface area (Å²) in [7, 11) is 4.35. The first-order chi connectivity index (χ1) is 10.1. The second kappa shape index (κ2) is 7.98. The minimum absolute atomic E-state index is 0.218. The van der Waals surface area contributed by atoms with Crippen molar-refractivity contribution in [1.29, 1.82) is 0 Å². The van der Waals surface area contributed by atoms with E-state index in [2.05, 4.69) is 5.32 Å². The Balaban J connectivity index is 2.96. The van der Waals surface area contributed by atoms with Crippen molar-refractivity contribution < 1.29 is 28.5 Å². The van der Waals surface area contributed by atoms with Gasteiger partial charge in [-0.2, -0.15) is 0 Å². The summed E-state index contributed by atoms with van der Waals surface area (Å²) in [5.41, 5.74) is 0.236. The van der Waals surface area contributed by atoms with Gasteiger partial charge in [0.1, 0.15) is 6.54 Å². The average Bonchev–Trinajstić information content (AvgIpc) is 2.51. The van der Waals surface area contributed by atoms with E-state index in [4.69, 9.17) is 18.9 Å². The first-order valence-electron chi connectivity index (χ1n) is 6.31. The number of hydrogen-bond acceptors (Lipinski definition) is 6. The van der Waals surface area contributed by atoms with E-state index in [1.807, 2.05) is 0 Å². The lowest BCUT2D eigenvalue weighted by atomic mass is 10.1. The van der Waals surface area contributed by atoms with Crippen LogP contribution in [0.1, 0.15) is 17.3 Å². The van der Waals surface area contributed by atoms with Crippen molar-refractivity contribution in [2.75, 3.05) is 34.5 Å². The highest BCUT2D eigenvalue weighted by atomic mass is 16.5. The second-order valence-electron chi connectivity index (χ2n) is 3.87. The van der Waals surface area contributed by atoms with Gasteiger partial charge < -0.3 is 24.3 Å². The van der Waals surface area contributed by atoms with Gasteiger partial charge in [-0.15, -0.1) is 0 Å². The standard InChI is InChI=1S/C14H19NO6/c1-5-21-11(16)8-15-14(17)9-6-7-10(18-2)13(20-4)12(9)19-3/h6-7H,5,8H2,1-4H3,(H,15,17). The summed E-state index contributed by atoms with van der Waals surface area (Å²) in [4.78, 5) is 23.3. The third-order valence-corrected chi connectivity index (χ3v) is 2.65. The molecule has 0 aliphatic carbocycles. The Morgan fingerprint density at radius 1 is 1.05 bits per heavy atom. The Hall–Kier alpha value is -2.44. The topological polar surface area (TPSA) is 83.1 Å². The van der Waals surface area contributed by atoms with Crippen LogP contribution in [0.3, 0.4) is 0 Å². The number of hydrogen-bond donors (Lipinski definition) is 1. The van der Waals surface area contributed by atoms with E-state index in [0.717, 1.165) is 0 Å². The number of esters is 1. The summed E-state index contributed by atoms with van der Waals surface area (Å²) < 4.78 is 20.3. The van der Waals surface area contributed by atoms with Crippen LogP contribution in [-0.2, 0) is 9.53 Å². The van der Waals surface area contributed by atoms with Crippen LogP contribution in [0.15, 0.2) is 12.1 Å². The average molecular weight is 297 g/mol. The summed E-state index contributed by atoms with van der Waals surface area (Å²) in [6.07, 6.45) is 0. The van der Waals surface area contributed by atoms with E-state index in [9.17, 15) is 9.59 Å². The third-order valence-electron chi connectivity index (χ3n) is 2.65. The van der Waals surface area contributed by atoms with Crippen molar-refractivity contribution in [2.45, 2.75) is 6.92 Å². The molecule has 0 unspecified atom stereocenters. The molecule has 0 aliphatic heterocycles. The zero-order valence-corrected chi connectivity index (χ0v) is 12.5. The molecule has 0 bridgehead atoms. The van der Waals surface area contributed by atoms with Crippen molar-refractivity contribution in [3.63, 3.8) is 0 Å². The van der Waals surface area contributed by atoms with Gasteiger partial charge in [0.05, 0.1) is 33.5 Å². The van der Waals surface area contributed by atoms with Crippen LogP contribution in [0, 0.1) is 0 Å². The van der Waals surface area contributed by atoms with Crippen molar-refractivity contribution in [3.05, 3.63) is 17.7 Å². The lowest BCUT2D eigenvalue weighted by molar-refractivity contribution is -0.141. The van der Waals surface area contributed by atoms with Crippen LogP contribution in [0.2, 0.25) is 0 Å². The Kier molecular flexibility index (Phi) is 6.32. The highest BCUT2D eigenvalue weighted by molar-refractivity contribution is 5.99. The molecule has 1 N–H and O–H groups in total. The molecule has 1 rings (SSSR count). The summed E-state index contributed by atoms with van der Waals surface area (Å²) in [6.45, 7) is 1.73. The fourth-order valence-corrected chi connectivity index (χ4v) is 1.74. The summed E-state index contributed by atoms with van der Waals surface area (Å²) in [5, 5.41) is 2.46. The van der Waals surface area contributed by atoms with Gasteiger partial charge >= 0.3 is 5.97 Å². The lowest BCUT2D eigenvalue weighted by Crippen LogP contribution is -2.30. The largest absolute Gasteiger partial charge is 0.493 e. The van der Waals surface area contributed by atoms with Gasteiger partial charge in [0.2, 0.25) is 5.75 Å². The molecular weight excluding hydrogens is 278 g/mol. The predicted molar refractivity (Wildman–Crippen MR) is 75.1 cm³/mol. The number of benzene rings is 1. The molecule has 0 heterocycles. The molecule has 116 valence electrons. The summed E-state index contributed by atoms with van der Waals surface area (Å²) in [6, 6.07) is 3.11. The van der Waals surface area contributed by atoms with Crippen molar-refractivity contribution >= 4 is 11.9 Å². The van der Waals surface area contributed by atoms with E-state index < -0.39 is 11.9 Å². The number of carbonyl (C=O) groups excluding carboxylic acids is 2. The molecule has 21 heavy (non-hydrogen) atoms. The Labute approximate surface area is 123 Å². The molecule has 1 amide bonds. The molecular formula is C14H19NO6. The smallest absolute Gasteiger partial charge is 0.325 e. The fraction of sp³-hybridized carbons (Fsp3) is 0.429. The molecule has 0 spiro atoms. The molecule has 1 aromatic rings. The summed E-state index contributed by atoms with van der Waals surface area (Å²) in [5.74, 6) is 0.00411. The van der Waals surface area contributed by atoms with Crippen LogP contribution in [0.25, 0.3) is 0 Å². The monoisotopic (exact) mass is 297 g/mol. The summed E-state index contributed by atoms with van der Waals surface area (Å²) >= 11 is 0. The van der Waals surface area contributed by atoms with Gasteiger partial charge in [-0.3, -0.25) is 9.59 Å². The lowest BCUT2D eigenvalue weighted by Gasteiger charge is -2.15. The quantitative estimate of drug-likeness (QED) is 0.756. The van der Waals surface area contributed by atoms with Gasteiger partial charge in [-0.25, -0.2) is 0 Å². The maximum atomic E-state index is 12.1. The minimum atomic E-state index is -0.509. The van der Waals surface area contributed by atoms with Gasteiger partial charge in [0.25, 0.3) is 5.91 Å². The zero-order chi connectivity index (χ0) is 15.8. The molecule has 0 aliphatic rings. The molecule has 0 radical (unpaired) electrons. The Morgan fingerprint density at radius 2 is 1.71 bits per heavy atom. The van der Waals surface area contributed by atoms with Crippen molar-refractivity contribution in [1.82, 2.24) is 5.32 Å². The highest BCUT2D eigenvalue weighted by Gasteiger charge is 2.20. The molecule has 7 nitrogen and oxygen atoms in total. The maximum Gasteiger partial charge on any atom is 0.325 e. The number of amides is 1. The second-order valence-corrected chi connectivity index (χ2v) is 3.87. The third kappa shape index (κ3) is 4.01. The SMILES string of the molecule is CCOC(=O)CNC(=O)c1ccc(OC)c(OC)c1OC. The zero-order valence-electron chi connectivity index (χ0n) is 12.5. The molecule has 0 atom stereocenters. The van der Waals surface area contributed by atoms with Crippen LogP contribution >= 0.6 is 0 Å². The fourth-order valence-electron chi connectivity index (χ4n) is 1.74. The van der Waals surface area contributed by atoms with E-state index >= 15 is 0 Å². The number of ether oxygens (including phenoxy) is 4. The normalized spacial score (nSPS) is 9.71. The molecule has 0 fully saturated rings. The van der Waals surface area contributed by atoms with Crippen LogP contribution in [0.4, 0.5) is 0 Å². The molecule has 7 heteroatoms. The molecule has 0 saturated heterocycles. The minimum Gasteiger partial charge on any atom is -0.493 e. The number of carbonyl (C=O) groups is 2.